The number of carbonyl (C=O) groups is 1. The smallest absolute Gasteiger partial charge is 0.280 e. The summed E-state index contributed by atoms with van der Waals surface area (Å²) in [4.78, 5) is 12.2. The Morgan fingerprint density at radius 2 is 1.77 bits per heavy atom. The van der Waals surface area contributed by atoms with Crippen molar-refractivity contribution in [2.24, 2.45) is 5.10 Å². The molecule has 2 aromatic carbocycles. The Morgan fingerprint density at radius 3 is 2.50 bits per heavy atom. The lowest BCUT2D eigenvalue weighted by Crippen LogP contribution is -2.33. The van der Waals surface area contributed by atoms with E-state index in [1.165, 1.54) is 0 Å². The number of carbonyl (C=O) groups excluding carboxylic acids is 1. The molecule has 0 radical (unpaired) electrons. The molecule has 0 bridgehead atoms. The summed E-state index contributed by atoms with van der Waals surface area (Å²) in [5, 5.41) is 5.21. The van der Waals surface area contributed by atoms with Crippen molar-refractivity contribution in [3.05, 3.63) is 66.4 Å². The third kappa shape index (κ3) is 3.94. The average Bonchev–Trinajstić information content (AvgIpc) is 3.02. The number of hydrogen-bond acceptors (Lipinski definition) is 3. The predicted molar refractivity (Wildman–Crippen MR) is 105 cm³/mol. The molecule has 1 aromatic heterocycles. The predicted octanol–water partition coefficient (Wildman–Crippen LogP) is 4.14. The molecule has 0 spiro atoms. The van der Waals surface area contributed by atoms with Crippen molar-refractivity contribution in [2.45, 2.75) is 32.9 Å². The van der Waals surface area contributed by atoms with Gasteiger partial charge in [0, 0.05) is 28.7 Å². The first-order valence-electron chi connectivity index (χ1n) is 8.70. The van der Waals surface area contributed by atoms with Crippen LogP contribution in [0, 0.1) is 0 Å². The fourth-order valence-electron chi connectivity index (χ4n) is 2.77. The first-order chi connectivity index (χ1) is 12.6. The molecule has 0 saturated carbocycles. The van der Waals surface area contributed by atoms with E-state index >= 15 is 0 Å². The molecule has 0 aliphatic carbocycles. The minimum atomic E-state index is -0.633. The van der Waals surface area contributed by atoms with Crippen LogP contribution in [0.25, 0.3) is 10.9 Å². The molecule has 26 heavy (non-hydrogen) atoms. The SMILES string of the molecule is CC(C)n1cc(/C=N\NC(=O)[C@H](C)Oc2ccccc2)c2ccccc21. The number of nitrogens with one attached hydrogen (secondary N) is 1. The molecule has 0 aliphatic heterocycles. The molecule has 3 rings (SSSR count). The Bertz CT molecular complexity index is 913. The number of rotatable bonds is 6. The standard InChI is InChI=1S/C21H23N3O2/c1-15(2)24-14-17(19-11-7-8-12-20(19)24)13-22-23-21(25)16(3)26-18-9-5-4-6-10-18/h4-16H,1-3H3,(H,23,25)/b22-13-/t16-/m0/s1. The zero-order chi connectivity index (χ0) is 18.5. The van der Waals surface area contributed by atoms with Gasteiger partial charge >= 0.3 is 0 Å². The van der Waals surface area contributed by atoms with Crippen LogP contribution in [-0.4, -0.2) is 22.8 Å². The van der Waals surface area contributed by atoms with Gasteiger partial charge in [-0.05, 0) is 39.0 Å². The zero-order valence-electron chi connectivity index (χ0n) is 15.2. The summed E-state index contributed by atoms with van der Waals surface area (Å²) in [6, 6.07) is 17.8. The van der Waals surface area contributed by atoms with Gasteiger partial charge < -0.3 is 9.30 Å². The van der Waals surface area contributed by atoms with Crippen molar-refractivity contribution >= 4 is 23.0 Å². The van der Waals surface area contributed by atoms with E-state index in [0.29, 0.717) is 11.8 Å². The van der Waals surface area contributed by atoms with E-state index in [9.17, 15) is 4.79 Å². The van der Waals surface area contributed by atoms with Gasteiger partial charge in [-0.1, -0.05) is 36.4 Å². The molecule has 1 atom stereocenters. The van der Waals surface area contributed by atoms with Crippen LogP contribution in [0.1, 0.15) is 32.4 Å². The van der Waals surface area contributed by atoms with Gasteiger partial charge in [-0.25, -0.2) is 5.43 Å². The molecule has 0 aliphatic rings. The summed E-state index contributed by atoms with van der Waals surface area (Å²) >= 11 is 0. The Kier molecular flexibility index (Phi) is 5.37. The van der Waals surface area contributed by atoms with Crippen molar-refractivity contribution in [1.82, 2.24) is 9.99 Å². The number of ether oxygens (including phenoxy) is 1. The molecule has 134 valence electrons. The molecule has 3 aromatic rings. The quantitative estimate of drug-likeness (QED) is 0.537. The van der Waals surface area contributed by atoms with Crippen LogP contribution in [-0.2, 0) is 4.79 Å². The topological polar surface area (TPSA) is 55.6 Å². The highest BCUT2D eigenvalue weighted by atomic mass is 16.5. The van der Waals surface area contributed by atoms with Crippen LogP contribution in [0.5, 0.6) is 5.75 Å². The molecule has 0 fully saturated rings. The minimum Gasteiger partial charge on any atom is -0.481 e. The second-order valence-electron chi connectivity index (χ2n) is 6.41. The molecular weight excluding hydrogens is 326 g/mol. The highest BCUT2D eigenvalue weighted by Crippen LogP contribution is 2.23. The minimum absolute atomic E-state index is 0.294. The van der Waals surface area contributed by atoms with E-state index in [1.807, 2.05) is 42.5 Å². The van der Waals surface area contributed by atoms with Gasteiger partial charge in [-0.15, -0.1) is 0 Å². The van der Waals surface area contributed by atoms with Crippen LogP contribution in [0.3, 0.4) is 0 Å². The molecule has 1 heterocycles. The van der Waals surface area contributed by atoms with Crippen LogP contribution >= 0.6 is 0 Å². The van der Waals surface area contributed by atoms with Crippen molar-refractivity contribution in [3.8, 4) is 5.75 Å². The van der Waals surface area contributed by atoms with Gasteiger partial charge in [0.15, 0.2) is 6.10 Å². The number of fused-ring (bicyclic) bond motifs is 1. The lowest BCUT2D eigenvalue weighted by Gasteiger charge is -2.12. The summed E-state index contributed by atoms with van der Waals surface area (Å²) in [5.74, 6) is 0.358. The van der Waals surface area contributed by atoms with Gasteiger partial charge in [0.2, 0.25) is 0 Å². The molecule has 5 heteroatoms. The van der Waals surface area contributed by atoms with E-state index in [-0.39, 0.29) is 5.91 Å². The lowest BCUT2D eigenvalue weighted by molar-refractivity contribution is -0.127. The average molecular weight is 349 g/mol. The highest BCUT2D eigenvalue weighted by molar-refractivity contribution is 5.99. The van der Waals surface area contributed by atoms with Crippen LogP contribution in [0.4, 0.5) is 0 Å². The number of benzene rings is 2. The van der Waals surface area contributed by atoms with Gasteiger partial charge in [0.25, 0.3) is 5.91 Å². The van der Waals surface area contributed by atoms with Crippen molar-refractivity contribution in [1.29, 1.82) is 0 Å². The number of hydrazone groups is 1. The molecular formula is C21H23N3O2. The summed E-state index contributed by atoms with van der Waals surface area (Å²) < 4.78 is 7.79. The summed E-state index contributed by atoms with van der Waals surface area (Å²) in [6.45, 7) is 5.97. The Morgan fingerprint density at radius 1 is 1.08 bits per heavy atom. The van der Waals surface area contributed by atoms with Gasteiger partial charge in [0.05, 0.1) is 6.21 Å². The monoisotopic (exact) mass is 349 g/mol. The van der Waals surface area contributed by atoms with E-state index in [0.717, 1.165) is 16.5 Å². The second kappa shape index (κ2) is 7.87. The Hall–Kier alpha value is -3.08. The van der Waals surface area contributed by atoms with Crippen molar-refractivity contribution < 1.29 is 9.53 Å². The summed E-state index contributed by atoms with van der Waals surface area (Å²) in [7, 11) is 0. The largest absolute Gasteiger partial charge is 0.481 e. The van der Waals surface area contributed by atoms with Crippen LogP contribution in [0.15, 0.2) is 65.9 Å². The fourth-order valence-corrected chi connectivity index (χ4v) is 2.77. The summed E-state index contributed by atoms with van der Waals surface area (Å²) in [5.41, 5.74) is 4.66. The molecule has 1 amide bonds. The lowest BCUT2D eigenvalue weighted by atomic mass is 10.2. The van der Waals surface area contributed by atoms with Crippen LogP contribution in [0.2, 0.25) is 0 Å². The van der Waals surface area contributed by atoms with Crippen molar-refractivity contribution in [2.75, 3.05) is 0 Å². The zero-order valence-corrected chi connectivity index (χ0v) is 15.2. The Balaban J connectivity index is 1.69. The molecule has 5 nitrogen and oxygen atoms in total. The van der Waals surface area contributed by atoms with Gasteiger partial charge in [-0.3, -0.25) is 4.79 Å². The fraction of sp³-hybridized carbons (Fsp3) is 0.238. The van der Waals surface area contributed by atoms with E-state index < -0.39 is 6.10 Å². The number of aromatic nitrogens is 1. The molecule has 0 unspecified atom stereocenters. The number of para-hydroxylation sites is 2. The van der Waals surface area contributed by atoms with Crippen molar-refractivity contribution in [3.63, 3.8) is 0 Å². The van der Waals surface area contributed by atoms with Crippen LogP contribution < -0.4 is 10.2 Å². The normalized spacial score (nSPS) is 12.6. The first kappa shape index (κ1) is 17.7. The van der Waals surface area contributed by atoms with Gasteiger partial charge in [-0.2, -0.15) is 5.10 Å². The van der Waals surface area contributed by atoms with E-state index in [2.05, 4.69) is 47.3 Å². The maximum absolute atomic E-state index is 12.2. The maximum Gasteiger partial charge on any atom is 0.280 e. The van der Waals surface area contributed by atoms with Gasteiger partial charge in [0.1, 0.15) is 5.75 Å². The third-order valence-corrected chi connectivity index (χ3v) is 4.13. The Labute approximate surface area is 153 Å². The number of amides is 1. The second-order valence-corrected chi connectivity index (χ2v) is 6.41. The van der Waals surface area contributed by atoms with E-state index in [1.54, 1.807) is 13.1 Å². The molecule has 1 N–H and O–H groups in total. The number of hydrogen-bond donors (Lipinski definition) is 1. The maximum atomic E-state index is 12.2. The number of nitrogens with zero attached hydrogens (tertiary/aromatic N) is 2. The first-order valence-corrected chi connectivity index (χ1v) is 8.70. The third-order valence-electron chi connectivity index (χ3n) is 4.13. The molecule has 0 saturated heterocycles. The highest BCUT2D eigenvalue weighted by Gasteiger charge is 2.14. The summed E-state index contributed by atoms with van der Waals surface area (Å²) in [6.07, 6.45) is 3.09. The van der Waals surface area contributed by atoms with E-state index in [4.69, 9.17) is 4.74 Å².